The number of hydrogen-bond acceptors (Lipinski definition) is 8. The van der Waals surface area contributed by atoms with Crippen LogP contribution < -0.4 is 68.9 Å². The van der Waals surface area contributed by atoms with Crippen molar-refractivity contribution in [3.8, 4) is 47.9 Å². The van der Waals surface area contributed by atoms with Crippen LogP contribution in [0.1, 0.15) is 45.4 Å². The summed E-state index contributed by atoms with van der Waals surface area (Å²) in [7, 11) is -5.28. The normalized spacial score (nSPS) is 9.87. The first-order valence-electron chi connectivity index (χ1n) is 8.78. The van der Waals surface area contributed by atoms with Crippen molar-refractivity contribution >= 4 is 19.8 Å². The van der Waals surface area contributed by atoms with Gasteiger partial charge in [-0.05, 0) is 41.9 Å². The molecule has 31 heavy (non-hydrogen) atoms. The average molecular weight is 466 g/mol. The number of ether oxygens (including phenoxy) is 2. The zero-order valence-corrected chi connectivity index (χ0v) is 22.9. The minimum Gasteiger partial charge on any atom is -0.790 e. The van der Waals surface area contributed by atoms with Crippen LogP contribution in [-0.4, -0.2) is 31.3 Å². The number of hydrogen-bond donors (Lipinski definition) is 0. The van der Waals surface area contributed by atoms with Gasteiger partial charge in [0.1, 0.15) is 6.61 Å². The van der Waals surface area contributed by atoms with E-state index >= 15 is 0 Å². The molecule has 0 aliphatic heterocycles. The molecule has 0 N–H and O–H groups in total. The molecule has 0 aliphatic carbocycles. The zero-order valence-electron chi connectivity index (χ0n) is 18.0. The Bertz CT molecular complexity index is 812. The third-order valence-electron chi connectivity index (χ3n) is 3.09. The van der Waals surface area contributed by atoms with Gasteiger partial charge >= 0.3 is 71.1 Å². The minimum absolute atomic E-state index is 0. The van der Waals surface area contributed by atoms with Gasteiger partial charge < -0.3 is 28.3 Å². The van der Waals surface area contributed by atoms with Crippen molar-refractivity contribution in [2.24, 2.45) is 0 Å². The number of rotatable bonds is 12. The second-order valence-electron chi connectivity index (χ2n) is 5.51. The van der Waals surface area contributed by atoms with Crippen LogP contribution >= 0.6 is 7.82 Å². The molecule has 0 fully saturated rings. The molecule has 0 aromatic heterocycles. The molecule has 0 unspecified atom stereocenters. The van der Waals surface area contributed by atoms with Crippen LogP contribution in [0.4, 0.5) is 0 Å². The van der Waals surface area contributed by atoms with E-state index in [1.54, 1.807) is 0 Å². The Morgan fingerprint density at radius 3 is 2.19 bits per heavy atom. The molecule has 0 heterocycles. The van der Waals surface area contributed by atoms with Gasteiger partial charge in [0.05, 0.1) is 14.4 Å². The van der Waals surface area contributed by atoms with Gasteiger partial charge in [-0.15, -0.1) is 6.42 Å². The maximum atomic E-state index is 11.8. The molecule has 8 nitrogen and oxygen atoms in total. The molecular formula is C20H21Na2O8P. The van der Waals surface area contributed by atoms with Gasteiger partial charge in [-0.3, -0.25) is 4.79 Å². The summed E-state index contributed by atoms with van der Waals surface area (Å²) in [6.45, 7) is 0.753. The molecule has 0 aromatic carbocycles. The fraction of sp³-hybridized carbons (Fsp3) is 0.500. The van der Waals surface area contributed by atoms with Crippen molar-refractivity contribution < 1.29 is 97.1 Å². The van der Waals surface area contributed by atoms with Gasteiger partial charge in [0.2, 0.25) is 0 Å². The zero-order chi connectivity index (χ0) is 22.0. The quantitative estimate of drug-likeness (QED) is 0.0696. The molecule has 0 spiro atoms. The van der Waals surface area contributed by atoms with E-state index in [9.17, 15) is 23.9 Å². The first-order valence-corrected chi connectivity index (χ1v) is 10.2. The van der Waals surface area contributed by atoms with Gasteiger partial charge in [-0.25, -0.2) is 4.79 Å². The first-order chi connectivity index (χ1) is 13.8. The van der Waals surface area contributed by atoms with Crippen molar-refractivity contribution in [2.45, 2.75) is 51.6 Å². The van der Waals surface area contributed by atoms with E-state index in [2.05, 4.69) is 41.0 Å². The van der Waals surface area contributed by atoms with Crippen LogP contribution in [0.2, 0.25) is 0 Å². The third-order valence-corrected chi connectivity index (χ3v) is 3.55. The second-order valence-corrected chi connectivity index (χ2v) is 6.66. The molecule has 1 atom stereocenters. The Balaban J connectivity index is -0.00000392. The van der Waals surface area contributed by atoms with Gasteiger partial charge in [-0.1, -0.05) is 32.6 Å². The van der Waals surface area contributed by atoms with E-state index < -0.39 is 39.1 Å². The summed E-state index contributed by atoms with van der Waals surface area (Å²) in [5, 5.41) is 0. The molecule has 0 radical (unpaired) electrons. The SMILES string of the molecule is C#CC#CC#CC#CC(=O)OC[C@@H](COP(=O)([O-])[O-])OC(=O)CCCCCCC.[Na+].[Na+]. The minimum atomic E-state index is -5.28. The predicted molar refractivity (Wildman–Crippen MR) is 99.9 cm³/mol. The number of carbonyl (C=O) groups excluding carboxylic acids is 2. The van der Waals surface area contributed by atoms with E-state index in [4.69, 9.17) is 15.9 Å². The third kappa shape index (κ3) is 25.4. The molecule has 0 saturated carbocycles. The molecule has 0 aromatic rings. The van der Waals surface area contributed by atoms with E-state index in [-0.39, 0.29) is 65.5 Å². The van der Waals surface area contributed by atoms with Crippen LogP contribution in [-0.2, 0) is 28.2 Å². The molecule has 11 heteroatoms. The fourth-order valence-electron chi connectivity index (χ4n) is 1.83. The Hall–Kier alpha value is -0.710. The molecule has 0 bridgehead atoms. The Kier molecular flexibility index (Phi) is 25.3. The van der Waals surface area contributed by atoms with Crippen LogP contribution in [0.15, 0.2) is 0 Å². The average Bonchev–Trinajstić information content (AvgIpc) is 2.65. The fourth-order valence-corrected chi connectivity index (χ4v) is 2.17. The van der Waals surface area contributed by atoms with Crippen LogP contribution in [0.5, 0.6) is 0 Å². The Morgan fingerprint density at radius 2 is 1.58 bits per heavy atom. The van der Waals surface area contributed by atoms with Crippen molar-refractivity contribution in [2.75, 3.05) is 13.2 Å². The summed E-state index contributed by atoms with van der Waals surface area (Å²) >= 11 is 0. The van der Waals surface area contributed by atoms with Crippen molar-refractivity contribution in [1.82, 2.24) is 0 Å². The summed E-state index contributed by atoms with van der Waals surface area (Å²) in [6, 6.07) is 0. The van der Waals surface area contributed by atoms with E-state index in [1.807, 2.05) is 11.8 Å². The number of unbranched alkanes of at least 4 members (excludes halogenated alkanes) is 4. The molecule has 0 rings (SSSR count). The summed E-state index contributed by atoms with van der Waals surface area (Å²) in [6.07, 6.45) is 8.27. The molecular weight excluding hydrogens is 445 g/mol. The van der Waals surface area contributed by atoms with Crippen molar-refractivity contribution in [1.29, 1.82) is 0 Å². The number of esters is 2. The Morgan fingerprint density at radius 1 is 0.968 bits per heavy atom. The van der Waals surface area contributed by atoms with Gasteiger partial charge in [0, 0.05) is 12.3 Å². The van der Waals surface area contributed by atoms with E-state index in [0.29, 0.717) is 6.42 Å². The molecule has 156 valence electrons. The van der Waals surface area contributed by atoms with Crippen LogP contribution in [0, 0.1) is 47.9 Å². The topological polar surface area (TPSA) is 125 Å². The maximum Gasteiger partial charge on any atom is 1.00 e. The maximum absolute atomic E-state index is 11.8. The molecule has 0 amide bonds. The standard InChI is InChI=1S/C20H23O8P.2Na/c1-3-5-7-9-11-12-14-19(21)26-16-18(17-27-29(23,24)25)28-20(22)15-13-10-8-6-4-2;;/h1,18H,4,6,8,10,13,15-17H2,2H3,(H2,23,24,25);;/q;2*+1/p-2/t18-;;/m0../s1. The molecule has 0 saturated heterocycles. The number of phosphoric ester groups is 1. The van der Waals surface area contributed by atoms with Crippen molar-refractivity contribution in [3.05, 3.63) is 0 Å². The van der Waals surface area contributed by atoms with Crippen LogP contribution in [0.25, 0.3) is 0 Å². The molecule has 0 aliphatic rings. The number of terminal acetylenes is 1. The second kappa shape index (κ2) is 22.5. The summed E-state index contributed by atoms with van der Waals surface area (Å²) in [5.41, 5.74) is 0. The monoisotopic (exact) mass is 466 g/mol. The van der Waals surface area contributed by atoms with Gasteiger partial charge in [0.15, 0.2) is 6.10 Å². The summed E-state index contributed by atoms with van der Waals surface area (Å²) in [5.74, 6) is 13.6. The number of carbonyl (C=O) groups is 2. The smallest absolute Gasteiger partial charge is 0.790 e. The largest absolute Gasteiger partial charge is 1.00 e. The number of phosphoric acid groups is 1. The van der Waals surface area contributed by atoms with Gasteiger partial charge in [0.25, 0.3) is 0 Å². The van der Waals surface area contributed by atoms with Crippen molar-refractivity contribution in [3.63, 3.8) is 0 Å². The first kappa shape index (κ1) is 34.9. The predicted octanol–water partition coefficient (Wildman–Crippen LogP) is -5.70. The van der Waals surface area contributed by atoms with E-state index in [0.717, 1.165) is 25.7 Å². The van der Waals surface area contributed by atoms with Crippen LogP contribution in [0.3, 0.4) is 0 Å². The van der Waals surface area contributed by atoms with E-state index in [1.165, 1.54) is 0 Å². The Labute approximate surface area is 227 Å². The van der Waals surface area contributed by atoms with Gasteiger partial charge in [-0.2, -0.15) is 0 Å². The summed E-state index contributed by atoms with van der Waals surface area (Å²) in [4.78, 5) is 44.6. The summed E-state index contributed by atoms with van der Waals surface area (Å²) < 4.78 is 24.5.